The fraction of sp³-hybridized carbons (Fsp3) is 0.760. The predicted molar refractivity (Wildman–Crippen MR) is 136 cm³/mol. The molecule has 1 N–H and O–H groups in total. The standard InChI is InChI=1S/C25H46O5Si2/c1-17-21(29-31(9,10)24(2,3)4)20(26)23(30-32(11,12)25(5,6)7)22(28-17)18-13-15-19(27-8)16-14-18/h13-17,20-23,26H,1-12H3/t17-,20+,21-,22+,23-/m0/s1. The van der Waals surface area contributed by atoms with Gasteiger partial charge in [-0.05, 0) is 60.9 Å². The lowest BCUT2D eigenvalue weighted by Crippen LogP contribution is -2.61. The highest BCUT2D eigenvalue weighted by Gasteiger charge is 2.52. The van der Waals surface area contributed by atoms with Crippen molar-refractivity contribution in [2.45, 2.75) is 115 Å². The molecule has 184 valence electrons. The van der Waals surface area contributed by atoms with Crippen molar-refractivity contribution in [3.63, 3.8) is 0 Å². The number of aliphatic hydroxyl groups is 1. The number of rotatable bonds is 6. The highest BCUT2D eigenvalue weighted by atomic mass is 28.4. The van der Waals surface area contributed by atoms with Crippen LogP contribution in [0.2, 0.25) is 36.3 Å². The lowest BCUT2D eigenvalue weighted by atomic mass is 9.91. The third kappa shape index (κ3) is 5.85. The monoisotopic (exact) mass is 482 g/mol. The van der Waals surface area contributed by atoms with Gasteiger partial charge in [0.05, 0.1) is 19.3 Å². The molecule has 7 heteroatoms. The summed E-state index contributed by atoms with van der Waals surface area (Å²) < 4.78 is 25.4. The third-order valence-electron chi connectivity index (χ3n) is 7.71. The van der Waals surface area contributed by atoms with Crippen molar-refractivity contribution >= 4 is 16.6 Å². The summed E-state index contributed by atoms with van der Waals surface area (Å²) in [6, 6.07) is 7.86. The summed E-state index contributed by atoms with van der Waals surface area (Å²) in [5.74, 6) is 0.791. The van der Waals surface area contributed by atoms with E-state index in [4.69, 9.17) is 18.3 Å². The third-order valence-corrected chi connectivity index (χ3v) is 16.7. The van der Waals surface area contributed by atoms with Crippen LogP contribution in [0.25, 0.3) is 0 Å². The molecule has 1 saturated heterocycles. The largest absolute Gasteiger partial charge is 0.497 e. The fourth-order valence-electron chi connectivity index (χ4n) is 3.42. The summed E-state index contributed by atoms with van der Waals surface area (Å²) in [4.78, 5) is 0. The molecule has 0 aliphatic carbocycles. The molecule has 0 saturated carbocycles. The van der Waals surface area contributed by atoms with E-state index in [0.717, 1.165) is 11.3 Å². The highest BCUT2D eigenvalue weighted by molar-refractivity contribution is 6.74. The van der Waals surface area contributed by atoms with Crippen LogP contribution in [0.1, 0.15) is 60.1 Å². The van der Waals surface area contributed by atoms with Gasteiger partial charge in [-0.1, -0.05) is 53.7 Å². The Bertz CT molecular complexity index is 749. The molecule has 0 unspecified atom stereocenters. The molecule has 0 amide bonds. The van der Waals surface area contributed by atoms with Crippen molar-refractivity contribution in [3.8, 4) is 5.75 Å². The van der Waals surface area contributed by atoms with Crippen molar-refractivity contribution in [2.24, 2.45) is 0 Å². The molecule has 1 aliphatic rings. The summed E-state index contributed by atoms with van der Waals surface area (Å²) in [5.41, 5.74) is 0.978. The Labute approximate surface area is 198 Å². The van der Waals surface area contributed by atoms with Gasteiger partial charge in [-0.2, -0.15) is 0 Å². The van der Waals surface area contributed by atoms with E-state index in [1.807, 2.05) is 31.2 Å². The molecule has 5 atom stereocenters. The minimum Gasteiger partial charge on any atom is -0.497 e. The Kier molecular flexibility index (Phi) is 8.18. The van der Waals surface area contributed by atoms with E-state index in [1.165, 1.54) is 0 Å². The molecule has 0 aromatic heterocycles. The Morgan fingerprint density at radius 2 is 1.25 bits per heavy atom. The Balaban J connectivity index is 2.45. The number of benzene rings is 1. The molecule has 1 aromatic carbocycles. The second kappa shape index (κ2) is 9.51. The van der Waals surface area contributed by atoms with E-state index in [1.54, 1.807) is 7.11 Å². The Hall–Kier alpha value is -0.706. The van der Waals surface area contributed by atoms with Crippen LogP contribution in [0.3, 0.4) is 0 Å². The van der Waals surface area contributed by atoms with Crippen LogP contribution < -0.4 is 4.74 Å². The number of hydrogen-bond donors (Lipinski definition) is 1. The van der Waals surface area contributed by atoms with Crippen molar-refractivity contribution in [2.75, 3.05) is 7.11 Å². The second-order valence-electron chi connectivity index (χ2n) is 12.2. The first-order chi connectivity index (χ1) is 14.4. The van der Waals surface area contributed by atoms with Crippen molar-refractivity contribution in [3.05, 3.63) is 29.8 Å². The lowest BCUT2D eigenvalue weighted by Gasteiger charge is -2.51. The number of hydrogen-bond acceptors (Lipinski definition) is 5. The highest BCUT2D eigenvalue weighted by Crippen LogP contribution is 2.45. The molecule has 1 aliphatic heterocycles. The van der Waals surface area contributed by atoms with Gasteiger partial charge in [0.15, 0.2) is 16.6 Å². The van der Waals surface area contributed by atoms with Crippen molar-refractivity contribution in [1.82, 2.24) is 0 Å². The average molecular weight is 483 g/mol. The molecule has 1 fully saturated rings. The minimum atomic E-state index is -2.18. The maximum absolute atomic E-state index is 11.7. The summed E-state index contributed by atoms with van der Waals surface area (Å²) in [6.45, 7) is 24.1. The molecule has 5 nitrogen and oxygen atoms in total. The van der Waals surface area contributed by atoms with Gasteiger partial charge in [-0.3, -0.25) is 0 Å². The van der Waals surface area contributed by atoms with E-state index < -0.39 is 34.9 Å². The average Bonchev–Trinajstić information content (AvgIpc) is 2.65. The van der Waals surface area contributed by atoms with Crippen LogP contribution in [-0.4, -0.2) is 53.3 Å². The SMILES string of the molecule is COc1ccc([C@H]2O[C@@H](C)[C@H](O[Si](C)(C)C(C)(C)C)[C@@H](O)[C@@H]2O[Si](C)(C)C(C)(C)C)cc1. The second-order valence-corrected chi connectivity index (χ2v) is 21.7. The number of aliphatic hydroxyl groups excluding tert-OH is 1. The van der Waals surface area contributed by atoms with Crippen LogP contribution in [0, 0.1) is 0 Å². The van der Waals surface area contributed by atoms with Crippen LogP contribution in [-0.2, 0) is 13.6 Å². The van der Waals surface area contributed by atoms with Gasteiger partial charge in [0, 0.05) is 0 Å². The van der Waals surface area contributed by atoms with Crippen molar-refractivity contribution < 1.29 is 23.4 Å². The molecule has 1 heterocycles. The Morgan fingerprint density at radius 1 is 0.812 bits per heavy atom. The summed E-state index contributed by atoms with van der Waals surface area (Å²) >= 11 is 0. The molecular weight excluding hydrogens is 436 g/mol. The van der Waals surface area contributed by atoms with E-state index in [9.17, 15) is 5.11 Å². The maximum Gasteiger partial charge on any atom is 0.192 e. The summed E-state index contributed by atoms with van der Waals surface area (Å²) in [5, 5.41) is 11.7. The van der Waals surface area contributed by atoms with Crippen LogP contribution in [0.15, 0.2) is 24.3 Å². The van der Waals surface area contributed by atoms with Gasteiger partial charge in [0.2, 0.25) is 0 Å². The number of ether oxygens (including phenoxy) is 2. The van der Waals surface area contributed by atoms with E-state index >= 15 is 0 Å². The molecule has 0 radical (unpaired) electrons. The lowest BCUT2D eigenvalue weighted by molar-refractivity contribution is -0.211. The fourth-order valence-corrected chi connectivity index (χ4v) is 6.08. The van der Waals surface area contributed by atoms with Crippen molar-refractivity contribution in [1.29, 1.82) is 0 Å². The molecule has 1 aromatic rings. The van der Waals surface area contributed by atoms with Gasteiger partial charge in [-0.25, -0.2) is 0 Å². The van der Waals surface area contributed by atoms with Crippen LogP contribution in [0.5, 0.6) is 5.75 Å². The minimum absolute atomic E-state index is 0.00995. The first-order valence-corrected chi connectivity index (χ1v) is 17.6. The zero-order chi connectivity index (χ0) is 24.7. The van der Waals surface area contributed by atoms with Gasteiger partial charge >= 0.3 is 0 Å². The summed E-state index contributed by atoms with van der Waals surface area (Å²) in [7, 11) is -2.64. The van der Waals surface area contributed by atoms with E-state index in [2.05, 4.69) is 67.7 Å². The van der Waals surface area contributed by atoms with E-state index in [0.29, 0.717) is 0 Å². The molecule has 0 spiro atoms. The quantitative estimate of drug-likeness (QED) is 0.482. The molecular formula is C25H46O5Si2. The summed E-state index contributed by atoms with van der Waals surface area (Å²) in [6.07, 6.45) is -2.35. The maximum atomic E-state index is 11.7. The van der Waals surface area contributed by atoms with Gasteiger partial charge < -0.3 is 23.4 Å². The zero-order valence-electron chi connectivity index (χ0n) is 22.3. The first-order valence-electron chi connectivity index (χ1n) is 11.7. The molecule has 0 bridgehead atoms. The van der Waals surface area contributed by atoms with Gasteiger partial charge in [0.25, 0.3) is 0 Å². The Morgan fingerprint density at radius 3 is 1.66 bits per heavy atom. The molecule has 2 rings (SSSR count). The first kappa shape index (κ1) is 27.5. The number of methoxy groups -OCH3 is 1. The topological polar surface area (TPSA) is 57.2 Å². The van der Waals surface area contributed by atoms with Crippen LogP contribution in [0.4, 0.5) is 0 Å². The van der Waals surface area contributed by atoms with Gasteiger partial charge in [-0.15, -0.1) is 0 Å². The zero-order valence-corrected chi connectivity index (χ0v) is 24.3. The predicted octanol–water partition coefficient (Wildman–Crippen LogP) is 6.30. The van der Waals surface area contributed by atoms with Gasteiger partial charge in [0.1, 0.15) is 24.1 Å². The normalized spacial score (nSPS) is 28.0. The van der Waals surface area contributed by atoms with E-state index in [-0.39, 0.29) is 22.3 Å². The van der Waals surface area contributed by atoms with Crippen LogP contribution >= 0.6 is 0 Å². The smallest absolute Gasteiger partial charge is 0.192 e. The molecule has 32 heavy (non-hydrogen) atoms.